The van der Waals surface area contributed by atoms with Crippen LogP contribution < -0.4 is 5.32 Å². The molecule has 0 atom stereocenters. The minimum Gasteiger partial charge on any atom is -0.349 e. The highest BCUT2D eigenvalue weighted by Gasteiger charge is 2.20. The molecule has 26 heavy (non-hydrogen) atoms. The minimum atomic E-state index is 0.0344. The Bertz CT molecular complexity index is 940. The summed E-state index contributed by atoms with van der Waals surface area (Å²) in [7, 11) is 0. The van der Waals surface area contributed by atoms with Crippen molar-refractivity contribution < 1.29 is 4.79 Å². The van der Waals surface area contributed by atoms with Crippen LogP contribution in [0.2, 0.25) is 0 Å². The molecule has 1 N–H and O–H groups in total. The van der Waals surface area contributed by atoms with Gasteiger partial charge in [-0.05, 0) is 55.8 Å². The average molecular weight is 365 g/mol. The molecular formula is C22H24N2OS. The largest absolute Gasteiger partial charge is 0.349 e. The number of amides is 1. The van der Waals surface area contributed by atoms with Gasteiger partial charge in [-0.15, -0.1) is 11.3 Å². The van der Waals surface area contributed by atoms with Gasteiger partial charge in [0.2, 0.25) is 0 Å². The summed E-state index contributed by atoms with van der Waals surface area (Å²) in [4.78, 5) is 19.1. The fourth-order valence-corrected chi connectivity index (χ4v) is 4.62. The molecule has 4 heteroatoms. The van der Waals surface area contributed by atoms with Crippen molar-refractivity contribution in [2.75, 3.05) is 0 Å². The Morgan fingerprint density at radius 2 is 1.96 bits per heavy atom. The normalized spacial score (nSPS) is 15.3. The van der Waals surface area contributed by atoms with E-state index >= 15 is 0 Å². The van der Waals surface area contributed by atoms with Gasteiger partial charge in [-0.3, -0.25) is 4.79 Å². The SMILES string of the molecule is Cc1cc(C)c2nc(-c3cccs3)cc(C(=O)NC3CCCCC3)c2c1. The van der Waals surface area contributed by atoms with Crippen molar-refractivity contribution in [1.29, 1.82) is 0 Å². The van der Waals surface area contributed by atoms with E-state index in [9.17, 15) is 4.79 Å². The van der Waals surface area contributed by atoms with Gasteiger partial charge in [0.1, 0.15) is 0 Å². The molecular weight excluding hydrogens is 340 g/mol. The predicted octanol–water partition coefficient (Wildman–Crippen LogP) is 5.64. The lowest BCUT2D eigenvalue weighted by atomic mass is 9.94. The number of thiophene rings is 1. The van der Waals surface area contributed by atoms with Crippen LogP contribution in [-0.2, 0) is 0 Å². The van der Waals surface area contributed by atoms with Gasteiger partial charge >= 0.3 is 0 Å². The highest BCUT2D eigenvalue weighted by molar-refractivity contribution is 7.13. The van der Waals surface area contributed by atoms with Crippen molar-refractivity contribution in [2.45, 2.75) is 52.0 Å². The van der Waals surface area contributed by atoms with Crippen molar-refractivity contribution in [1.82, 2.24) is 10.3 Å². The first-order valence-corrected chi connectivity index (χ1v) is 10.3. The molecule has 0 saturated heterocycles. The second kappa shape index (κ2) is 7.20. The maximum Gasteiger partial charge on any atom is 0.252 e. The van der Waals surface area contributed by atoms with Gasteiger partial charge in [0.05, 0.1) is 21.7 Å². The lowest BCUT2D eigenvalue weighted by Crippen LogP contribution is -2.36. The number of rotatable bonds is 3. The maximum atomic E-state index is 13.1. The van der Waals surface area contributed by atoms with Crippen LogP contribution in [-0.4, -0.2) is 16.9 Å². The van der Waals surface area contributed by atoms with Crippen LogP contribution in [0.4, 0.5) is 0 Å². The molecule has 1 aliphatic carbocycles. The summed E-state index contributed by atoms with van der Waals surface area (Å²) in [5.74, 6) is 0.0344. The Balaban J connectivity index is 1.81. The van der Waals surface area contributed by atoms with E-state index in [-0.39, 0.29) is 5.91 Å². The third-order valence-electron chi connectivity index (χ3n) is 5.21. The number of carbonyl (C=O) groups excluding carboxylic acids is 1. The molecule has 0 unspecified atom stereocenters. The Hall–Kier alpha value is -2.20. The molecule has 0 radical (unpaired) electrons. The number of hydrogen-bond donors (Lipinski definition) is 1. The molecule has 134 valence electrons. The van der Waals surface area contributed by atoms with Crippen LogP contribution in [0.15, 0.2) is 35.7 Å². The number of aryl methyl sites for hydroxylation is 2. The van der Waals surface area contributed by atoms with E-state index in [4.69, 9.17) is 4.98 Å². The number of hydrogen-bond acceptors (Lipinski definition) is 3. The lowest BCUT2D eigenvalue weighted by molar-refractivity contribution is 0.0929. The summed E-state index contributed by atoms with van der Waals surface area (Å²) in [6, 6.07) is 10.6. The first kappa shape index (κ1) is 17.2. The Labute approximate surface area is 158 Å². The van der Waals surface area contributed by atoms with E-state index in [2.05, 4.69) is 37.4 Å². The second-order valence-corrected chi connectivity index (χ2v) is 8.27. The third kappa shape index (κ3) is 3.38. The van der Waals surface area contributed by atoms with Crippen LogP contribution in [0, 0.1) is 13.8 Å². The zero-order valence-electron chi connectivity index (χ0n) is 15.3. The Kier molecular flexibility index (Phi) is 4.77. The fourth-order valence-electron chi connectivity index (χ4n) is 3.93. The van der Waals surface area contributed by atoms with Crippen LogP contribution in [0.1, 0.15) is 53.6 Å². The van der Waals surface area contributed by atoms with E-state index < -0.39 is 0 Å². The molecule has 1 fully saturated rings. The van der Waals surface area contributed by atoms with E-state index in [0.717, 1.165) is 51.0 Å². The molecule has 1 aromatic carbocycles. The summed E-state index contributed by atoms with van der Waals surface area (Å²) in [6.07, 6.45) is 5.88. The maximum absolute atomic E-state index is 13.1. The molecule has 2 aromatic heterocycles. The highest BCUT2D eigenvalue weighted by Crippen LogP contribution is 2.30. The molecule has 3 aromatic rings. The first-order chi connectivity index (χ1) is 12.6. The number of pyridine rings is 1. The van der Waals surface area contributed by atoms with E-state index in [1.165, 1.54) is 19.3 Å². The van der Waals surface area contributed by atoms with Gasteiger partial charge < -0.3 is 5.32 Å². The van der Waals surface area contributed by atoms with Crippen molar-refractivity contribution >= 4 is 28.1 Å². The van der Waals surface area contributed by atoms with Crippen LogP contribution in [0.5, 0.6) is 0 Å². The predicted molar refractivity (Wildman–Crippen MR) is 109 cm³/mol. The molecule has 0 aliphatic heterocycles. The van der Waals surface area contributed by atoms with E-state index in [1.807, 2.05) is 17.5 Å². The van der Waals surface area contributed by atoms with Gasteiger partial charge in [-0.1, -0.05) is 37.0 Å². The summed E-state index contributed by atoms with van der Waals surface area (Å²) in [5.41, 5.74) is 4.83. The standard InChI is InChI=1S/C22H24N2OS/c1-14-11-15(2)21-17(12-14)18(13-19(24-21)20-9-6-10-26-20)22(25)23-16-7-4-3-5-8-16/h6,9-13,16H,3-5,7-8H2,1-2H3,(H,23,25). The van der Waals surface area contributed by atoms with Gasteiger partial charge in [-0.25, -0.2) is 4.98 Å². The summed E-state index contributed by atoms with van der Waals surface area (Å²) in [6.45, 7) is 4.14. The first-order valence-electron chi connectivity index (χ1n) is 9.38. The van der Waals surface area contributed by atoms with Crippen molar-refractivity contribution in [3.05, 3.63) is 52.4 Å². The molecule has 0 spiro atoms. The number of aromatic nitrogens is 1. The number of benzene rings is 1. The average Bonchev–Trinajstić information content (AvgIpc) is 3.16. The summed E-state index contributed by atoms with van der Waals surface area (Å²) < 4.78 is 0. The van der Waals surface area contributed by atoms with Crippen molar-refractivity contribution in [2.24, 2.45) is 0 Å². The van der Waals surface area contributed by atoms with Crippen LogP contribution in [0.3, 0.4) is 0 Å². The van der Waals surface area contributed by atoms with Gasteiger partial charge in [0.25, 0.3) is 5.91 Å². The fraction of sp³-hybridized carbons (Fsp3) is 0.364. The van der Waals surface area contributed by atoms with E-state index in [0.29, 0.717) is 6.04 Å². The summed E-state index contributed by atoms with van der Waals surface area (Å²) >= 11 is 1.66. The number of fused-ring (bicyclic) bond motifs is 1. The molecule has 0 bridgehead atoms. The van der Waals surface area contributed by atoms with Crippen LogP contribution in [0.25, 0.3) is 21.5 Å². The lowest BCUT2D eigenvalue weighted by Gasteiger charge is -2.23. The van der Waals surface area contributed by atoms with Gasteiger partial charge in [-0.2, -0.15) is 0 Å². The molecule has 1 saturated carbocycles. The van der Waals surface area contributed by atoms with Crippen molar-refractivity contribution in [3.63, 3.8) is 0 Å². The smallest absolute Gasteiger partial charge is 0.252 e. The van der Waals surface area contributed by atoms with Gasteiger partial charge in [0.15, 0.2) is 0 Å². The molecule has 4 rings (SSSR count). The van der Waals surface area contributed by atoms with Gasteiger partial charge in [0, 0.05) is 11.4 Å². The minimum absolute atomic E-state index is 0.0344. The Morgan fingerprint density at radius 1 is 1.15 bits per heavy atom. The zero-order valence-corrected chi connectivity index (χ0v) is 16.2. The Morgan fingerprint density at radius 3 is 2.69 bits per heavy atom. The molecule has 2 heterocycles. The number of nitrogens with zero attached hydrogens (tertiary/aromatic N) is 1. The number of nitrogens with one attached hydrogen (secondary N) is 1. The van der Waals surface area contributed by atoms with Crippen LogP contribution >= 0.6 is 11.3 Å². The van der Waals surface area contributed by atoms with E-state index in [1.54, 1.807) is 11.3 Å². The number of carbonyl (C=O) groups is 1. The zero-order chi connectivity index (χ0) is 18.1. The summed E-state index contributed by atoms with van der Waals surface area (Å²) in [5, 5.41) is 6.28. The second-order valence-electron chi connectivity index (χ2n) is 7.32. The quantitative estimate of drug-likeness (QED) is 0.653. The molecule has 3 nitrogen and oxygen atoms in total. The molecule has 1 amide bonds. The monoisotopic (exact) mass is 364 g/mol. The van der Waals surface area contributed by atoms with Crippen molar-refractivity contribution in [3.8, 4) is 10.6 Å². The molecule has 1 aliphatic rings. The topological polar surface area (TPSA) is 42.0 Å². The third-order valence-corrected chi connectivity index (χ3v) is 6.10. The highest BCUT2D eigenvalue weighted by atomic mass is 32.1.